The number of phenols is 1. The quantitative estimate of drug-likeness (QED) is 0.0965. The van der Waals surface area contributed by atoms with Crippen molar-refractivity contribution in [1.29, 1.82) is 0 Å². The normalized spacial score (nSPS) is 12.9. The van der Waals surface area contributed by atoms with Gasteiger partial charge in [0.2, 0.25) is 6.41 Å². The van der Waals surface area contributed by atoms with E-state index in [1.54, 1.807) is 24.3 Å². The topological polar surface area (TPSA) is 150 Å². The molecule has 0 bridgehead atoms. The van der Waals surface area contributed by atoms with Crippen LogP contribution < -0.4 is 20.5 Å². The minimum absolute atomic E-state index is 0.0545. The van der Waals surface area contributed by atoms with Gasteiger partial charge in [-0.15, -0.1) is 0 Å². The van der Waals surface area contributed by atoms with Crippen LogP contribution in [0.1, 0.15) is 40.0 Å². The van der Waals surface area contributed by atoms with Gasteiger partial charge in [0.25, 0.3) is 5.91 Å². The number of anilines is 2. The number of phenolic OH excluding ortho intramolecular Hbond substituents is 1. The van der Waals surface area contributed by atoms with Crippen LogP contribution in [0, 0.1) is 0 Å². The molecular formula is C27H29N4O6P. The van der Waals surface area contributed by atoms with Gasteiger partial charge in [-0.05, 0) is 73.2 Å². The zero-order chi connectivity index (χ0) is 26.9. The van der Waals surface area contributed by atoms with Crippen LogP contribution in [0.5, 0.6) is 11.5 Å². The molecule has 1 aliphatic rings. The number of pyridine rings is 1. The predicted octanol–water partition coefficient (Wildman–Crippen LogP) is 4.73. The zero-order valence-electron chi connectivity index (χ0n) is 20.6. The highest BCUT2D eigenvalue weighted by molar-refractivity contribution is 7.72. The number of nitrogens with zero attached hydrogens (tertiary/aromatic N) is 1. The maximum absolute atomic E-state index is 12.6. The number of benzene rings is 2. The summed E-state index contributed by atoms with van der Waals surface area (Å²) in [6.07, 6.45) is 4.32. The molecule has 0 spiro atoms. The van der Waals surface area contributed by atoms with Crippen LogP contribution in [0.3, 0.4) is 0 Å². The minimum atomic E-state index is -1.93. The third-order valence-corrected chi connectivity index (χ3v) is 7.62. The van der Waals surface area contributed by atoms with Crippen molar-refractivity contribution in [3.8, 4) is 11.5 Å². The molecule has 11 heteroatoms. The third kappa shape index (κ3) is 7.20. The van der Waals surface area contributed by atoms with E-state index in [2.05, 4.69) is 27.9 Å². The number of carbonyl (C=O) groups excluding carboxylic acids is 2. The molecule has 4 rings (SSSR count). The van der Waals surface area contributed by atoms with E-state index in [0.29, 0.717) is 18.8 Å². The second-order valence-electron chi connectivity index (χ2n) is 8.74. The van der Waals surface area contributed by atoms with E-state index in [9.17, 15) is 24.6 Å². The number of aryl methyl sites for hydroxylation is 2. The summed E-state index contributed by atoms with van der Waals surface area (Å²) in [5.41, 5.74) is 2.09. The summed E-state index contributed by atoms with van der Waals surface area (Å²) >= 11 is 0. The first kappa shape index (κ1) is 26.9. The second kappa shape index (κ2) is 12.9. The van der Waals surface area contributed by atoms with Gasteiger partial charge in [0.05, 0.1) is 12.3 Å². The van der Waals surface area contributed by atoms with Crippen LogP contribution in [0.25, 0.3) is 0 Å². The molecule has 1 aliphatic heterocycles. The Morgan fingerprint density at radius 3 is 2.71 bits per heavy atom. The van der Waals surface area contributed by atoms with Gasteiger partial charge in [-0.25, -0.2) is 9.78 Å². The van der Waals surface area contributed by atoms with Crippen molar-refractivity contribution >= 4 is 37.6 Å². The number of aromatic hydroxyl groups is 1. The van der Waals surface area contributed by atoms with E-state index in [-0.39, 0.29) is 23.2 Å². The predicted molar refractivity (Wildman–Crippen MR) is 145 cm³/mol. The Balaban J connectivity index is 1.27. The molecule has 2 aromatic carbocycles. The molecule has 0 saturated carbocycles. The summed E-state index contributed by atoms with van der Waals surface area (Å²) in [4.78, 5) is 39.8. The number of aromatic nitrogens is 1. The molecular weight excluding hydrogens is 507 g/mol. The molecule has 10 nitrogen and oxygen atoms in total. The Kier molecular flexibility index (Phi) is 9.11. The first-order chi connectivity index (χ1) is 18.4. The highest BCUT2D eigenvalue weighted by Crippen LogP contribution is 2.37. The summed E-state index contributed by atoms with van der Waals surface area (Å²) in [7, 11) is -1.93. The minimum Gasteiger partial charge on any atom is -0.506 e. The van der Waals surface area contributed by atoms with Crippen molar-refractivity contribution in [2.75, 3.05) is 23.8 Å². The highest BCUT2D eigenvalue weighted by Gasteiger charge is 2.22. The van der Waals surface area contributed by atoms with Gasteiger partial charge in [-0.3, -0.25) is 9.59 Å². The molecule has 0 unspecified atom stereocenters. The average Bonchev–Trinajstić information content (AvgIpc) is 2.92. The molecule has 0 radical (unpaired) electrons. The molecule has 3 aromatic rings. The third-order valence-electron chi connectivity index (χ3n) is 6.00. The van der Waals surface area contributed by atoms with E-state index in [1.807, 2.05) is 0 Å². The van der Waals surface area contributed by atoms with Crippen LogP contribution in [0.15, 0.2) is 54.6 Å². The summed E-state index contributed by atoms with van der Waals surface area (Å²) in [5.74, 6) is 0.850. The van der Waals surface area contributed by atoms with E-state index in [0.717, 1.165) is 49.3 Å². The molecule has 0 saturated heterocycles. The lowest BCUT2D eigenvalue weighted by molar-refractivity contribution is -0.105. The Morgan fingerprint density at radius 1 is 1.13 bits per heavy atom. The second-order valence-corrected chi connectivity index (χ2v) is 10.5. The number of ether oxygens (including phenoxy) is 1. The van der Waals surface area contributed by atoms with E-state index < -0.39 is 19.7 Å². The lowest BCUT2D eigenvalue weighted by Gasteiger charge is -2.17. The highest BCUT2D eigenvalue weighted by atomic mass is 31.1. The Hall–Kier alpha value is -4.17. The molecule has 5 N–H and O–H groups in total. The molecule has 1 atom stereocenters. The largest absolute Gasteiger partial charge is 0.506 e. The van der Waals surface area contributed by atoms with Crippen LogP contribution >= 0.6 is 8.07 Å². The van der Waals surface area contributed by atoms with Crippen LogP contribution in [-0.4, -0.2) is 46.4 Å². The number of carboxylic acid groups (broad SMARTS) is 1. The molecule has 2 amide bonds. The Bertz CT molecular complexity index is 1300. The van der Waals surface area contributed by atoms with Gasteiger partial charge >= 0.3 is 5.71 Å². The summed E-state index contributed by atoms with van der Waals surface area (Å²) in [5, 5.41) is 27.6. The van der Waals surface area contributed by atoms with Crippen LogP contribution in [0.2, 0.25) is 0 Å². The van der Waals surface area contributed by atoms with Gasteiger partial charge in [-0.1, -0.05) is 18.2 Å². The number of hydrogen-bond donors (Lipinski definition) is 5. The number of carbonyl (C=O) groups is 3. The Labute approximate surface area is 221 Å². The number of nitrogens with one attached hydrogen (secondary N) is 3. The zero-order valence-corrected chi connectivity index (χ0v) is 21.5. The van der Waals surface area contributed by atoms with Gasteiger partial charge in [0.1, 0.15) is 25.4 Å². The first-order valence-electron chi connectivity index (χ1n) is 12.2. The first-order valence-corrected chi connectivity index (χ1v) is 13.7. The summed E-state index contributed by atoms with van der Waals surface area (Å²) in [6, 6.07) is 15.2. The standard InChI is InChI=1S/C27H29N4O6P/c32-17-29-23-15-20(8-12-24(23)33)26(34)31-38(27(35)36)16-18-5-10-22(11-6-18)37-14-2-4-21-9-7-19-3-1-13-28-25(19)30-21/h5-12,15,17,33H,1-4,13-14,16H2,(H,28,30)(H,29,32)(H,31,34)(H,35,36)/t38-/m0/s1. The van der Waals surface area contributed by atoms with Gasteiger partial charge in [0, 0.05) is 24.0 Å². The molecule has 0 aliphatic carbocycles. The fourth-order valence-corrected chi connectivity index (χ4v) is 5.28. The van der Waals surface area contributed by atoms with Crippen LogP contribution in [0.4, 0.5) is 16.3 Å². The SMILES string of the molecule is O=CNc1cc(C(=O)N[P@@](Cc2ccc(OCCCc3ccc4c(n3)NCCC4)cc2)C(=O)O)ccc1O. The van der Waals surface area contributed by atoms with Gasteiger partial charge < -0.3 is 30.7 Å². The molecule has 2 heterocycles. The maximum atomic E-state index is 12.6. The van der Waals surface area contributed by atoms with Gasteiger partial charge in [-0.2, -0.15) is 0 Å². The van der Waals surface area contributed by atoms with Crippen molar-refractivity contribution < 1.29 is 29.3 Å². The van der Waals surface area contributed by atoms with Crippen molar-refractivity contribution in [1.82, 2.24) is 10.1 Å². The monoisotopic (exact) mass is 536 g/mol. The fourth-order valence-electron chi connectivity index (χ4n) is 4.02. The number of amides is 2. The lowest BCUT2D eigenvalue weighted by Crippen LogP contribution is -2.22. The van der Waals surface area contributed by atoms with Crippen molar-refractivity contribution in [2.45, 2.75) is 31.8 Å². The Morgan fingerprint density at radius 2 is 1.95 bits per heavy atom. The summed E-state index contributed by atoms with van der Waals surface area (Å²) in [6.45, 7) is 1.49. The number of rotatable bonds is 12. The number of fused-ring (bicyclic) bond motifs is 1. The fraction of sp³-hybridized carbons (Fsp3) is 0.259. The molecule has 1 aromatic heterocycles. The smallest absolute Gasteiger partial charge is 0.345 e. The molecule has 0 fully saturated rings. The van der Waals surface area contributed by atoms with Crippen molar-refractivity contribution in [3.05, 3.63) is 77.0 Å². The van der Waals surface area contributed by atoms with E-state index in [4.69, 9.17) is 9.72 Å². The van der Waals surface area contributed by atoms with Crippen molar-refractivity contribution in [2.24, 2.45) is 0 Å². The lowest BCUT2D eigenvalue weighted by atomic mass is 10.1. The van der Waals surface area contributed by atoms with Crippen LogP contribution in [-0.2, 0) is 23.8 Å². The molecule has 198 valence electrons. The van der Waals surface area contributed by atoms with E-state index >= 15 is 0 Å². The average molecular weight is 537 g/mol. The summed E-state index contributed by atoms with van der Waals surface area (Å²) < 4.78 is 5.84. The molecule has 38 heavy (non-hydrogen) atoms. The van der Waals surface area contributed by atoms with Gasteiger partial charge in [0.15, 0.2) is 0 Å². The maximum Gasteiger partial charge on any atom is 0.345 e. The number of hydrogen-bond acceptors (Lipinski definition) is 7. The van der Waals surface area contributed by atoms with Crippen molar-refractivity contribution in [3.63, 3.8) is 0 Å². The van der Waals surface area contributed by atoms with E-state index in [1.165, 1.54) is 23.8 Å².